The van der Waals surface area contributed by atoms with Crippen molar-refractivity contribution in [1.29, 1.82) is 0 Å². The van der Waals surface area contributed by atoms with Gasteiger partial charge < -0.3 is 4.90 Å². The fraction of sp³-hybridized carbons (Fsp3) is 0.909. The average Bonchev–Trinajstić information content (AvgIpc) is 2.93. The maximum absolute atomic E-state index is 12.0. The van der Waals surface area contributed by atoms with Crippen molar-refractivity contribution >= 4 is 15.7 Å². The number of sulfone groups is 1. The Morgan fingerprint density at radius 1 is 1.25 bits per heavy atom. The van der Waals surface area contributed by atoms with E-state index in [-0.39, 0.29) is 23.5 Å². The van der Waals surface area contributed by atoms with Gasteiger partial charge in [0.25, 0.3) is 0 Å². The molecule has 2 rings (SSSR count). The van der Waals surface area contributed by atoms with Gasteiger partial charge in [0.2, 0.25) is 5.91 Å². The molecule has 2 fully saturated rings. The lowest BCUT2D eigenvalue weighted by Gasteiger charge is -2.28. The molecule has 1 saturated carbocycles. The van der Waals surface area contributed by atoms with Crippen LogP contribution in [0.4, 0.5) is 0 Å². The smallest absolute Gasteiger partial charge is 0.223 e. The Morgan fingerprint density at radius 3 is 2.38 bits per heavy atom. The maximum Gasteiger partial charge on any atom is 0.223 e. The first-order valence-corrected chi connectivity index (χ1v) is 7.87. The predicted octanol–water partition coefficient (Wildman–Crippen LogP) is 0.965. The Morgan fingerprint density at radius 2 is 1.94 bits per heavy atom. The Balaban J connectivity index is 2.05. The number of nitrogens with zero attached hydrogens (tertiary/aromatic N) is 1. The molecule has 0 radical (unpaired) electrons. The van der Waals surface area contributed by atoms with E-state index in [0.29, 0.717) is 18.9 Å². The molecule has 0 aromatic carbocycles. The first kappa shape index (κ1) is 11.9. The summed E-state index contributed by atoms with van der Waals surface area (Å²) in [6.07, 6.45) is 4.11. The highest BCUT2D eigenvalue weighted by Crippen LogP contribution is 2.32. The lowest BCUT2D eigenvalue weighted by Crippen LogP contribution is -2.42. The summed E-state index contributed by atoms with van der Waals surface area (Å²) in [6.45, 7) is 1.98. The Kier molecular flexibility index (Phi) is 3.24. The molecular formula is C11H19NO3S. The normalized spacial score (nSPS) is 27.9. The highest BCUT2D eigenvalue weighted by molar-refractivity contribution is 7.91. The van der Waals surface area contributed by atoms with Gasteiger partial charge in [0, 0.05) is 18.5 Å². The summed E-state index contributed by atoms with van der Waals surface area (Å²) < 4.78 is 22.9. The molecule has 2 aliphatic rings. The van der Waals surface area contributed by atoms with Gasteiger partial charge in [-0.1, -0.05) is 6.92 Å². The zero-order chi connectivity index (χ0) is 11.8. The number of hydrogen-bond acceptors (Lipinski definition) is 3. The maximum atomic E-state index is 12.0. The summed E-state index contributed by atoms with van der Waals surface area (Å²) in [5.74, 6) is 0.575. The number of carbonyl (C=O) groups excluding carboxylic acids is 1. The van der Waals surface area contributed by atoms with Crippen LogP contribution in [-0.2, 0) is 14.6 Å². The van der Waals surface area contributed by atoms with Crippen LogP contribution in [-0.4, -0.2) is 42.8 Å². The van der Waals surface area contributed by atoms with E-state index >= 15 is 0 Å². The first-order chi connectivity index (χ1) is 7.53. The van der Waals surface area contributed by atoms with Gasteiger partial charge in [0.05, 0.1) is 11.5 Å². The van der Waals surface area contributed by atoms with E-state index in [2.05, 4.69) is 0 Å². The van der Waals surface area contributed by atoms with Crippen LogP contribution in [0.3, 0.4) is 0 Å². The summed E-state index contributed by atoms with van der Waals surface area (Å²) >= 11 is 0. The highest BCUT2D eigenvalue weighted by atomic mass is 32.2. The lowest BCUT2D eigenvalue weighted by atomic mass is 10.2. The molecule has 1 aliphatic carbocycles. The third-order valence-electron chi connectivity index (χ3n) is 3.29. The number of amides is 1. The monoisotopic (exact) mass is 245 g/mol. The summed E-state index contributed by atoms with van der Waals surface area (Å²) in [5.41, 5.74) is 0. The lowest BCUT2D eigenvalue weighted by molar-refractivity contribution is -0.133. The van der Waals surface area contributed by atoms with Crippen LogP contribution < -0.4 is 0 Å². The molecule has 92 valence electrons. The molecule has 1 aliphatic heterocycles. The molecule has 1 amide bonds. The largest absolute Gasteiger partial charge is 0.336 e. The van der Waals surface area contributed by atoms with Crippen LogP contribution in [0.2, 0.25) is 0 Å². The van der Waals surface area contributed by atoms with Gasteiger partial charge >= 0.3 is 0 Å². The van der Waals surface area contributed by atoms with Crippen LogP contribution in [0.5, 0.6) is 0 Å². The molecule has 0 aromatic rings. The minimum absolute atomic E-state index is 0.0449. The van der Waals surface area contributed by atoms with Crippen molar-refractivity contribution in [3.63, 3.8) is 0 Å². The van der Waals surface area contributed by atoms with Gasteiger partial charge in [-0.2, -0.15) is 0 Å². The molecule has 5 heteroatoms. The zero-order valence-electron chi connectivity index (χ0n) is 9.68. The minimum atomic E-state index is -2.89. The van der Waals surface area contributed by atoms with E-state index in [9.17, 15) is 13.2 Å². The van der Waals surface area contributed by atoms with Crippen molar-refractivity contribution in [2.24, 2.45) is 0 Å². The van der Waals surface area contributed by atoms with Gasteiger partial charge in [-0.25, -0.2) is 8.42 Å². The van der Waals surface area contributed by atoms with Crippen LogP contribution in [0.1, 0.15) is 39.0 Å². The second kappa shape index (κ2) is 4.35. The second-order valence-electron chi connectivity index (χ2n) is 4.84. The summed E-state index contributed by atoms with van der Waals surface area (Å²) in [7, 11) is -2.89. The highest BCUT2D eigenvalue weighted by Gasteiger charge is 2.41. The van der Waals surface area contributed by atoms with Crippen LogP contribution in [0, 0.1) is 0 Å². The topological polar surface area (TPSA) is 54.5 Å². The van der Waals surface area contributed by atoms with Crippen LogP contribution in [0.15, 0.2) is 0 Å². The SMILES string of the molecule is CCCC(=O)N(C1CC1)C1CCS(=O)(=O)C1. The van der Waals surface area contributed by atoms with Crippen molar-refractivity contribution < 1.29 is 13.2 Å². The molecule has 1 saturated heterocycles. The summed E-state index contributed by atoms with van der Waals surface area (Å²) in [5, 5.41) is 0. The fourth-order valence-corrected chi connectivity index (χ4v) is 4.11. The Hall–Kier alpha value is -0.580. The van der Waals surface area contributed by atoms with Crippen molar-refractivity contribution in [3.05, 3.63) is 0 Å². The standard InChI is InChI=1S/C11H19NO3S/c1-2-3-11(13)12(9-4-5-9)10-6-7-16(14,15)8-10/h9-10H,2-8H2,1H3. The van der Waals surface area contributed by atoms with E-state index < -0.39 is 9.84 Å². The van der Waals surface area contributed by atoms with E-state index in [1.54, 1.807) is 0 Å². The van der Waals surface area contributed by atoms with Gasteiger partial charge in [-0.15, -0.1) is 0 Å². The molecule has 1 atom stereocenters. The zero-order valence-corrected chi connectivity index (χ0v) is 10.5. The molecule has 16 heavy (non-hydrogen) atoms. The minimum Gasteiger partial charge on any atom is -0.336 e. The van der Waals surface area contributed by atoms with Crippen molar-refractivity contribution in [2.45, 2.75) is 51.1 Å². The van der Waals surface area contributed by atoms with Gasteiger partial charge in [-0.3, -0.25) is 4.79 Å². The molecular weight excluding hydrogens is 226 g/mol. The molecule has 0 bridgehead atoms. The number of carbonyl (C=O) groups is 1. The number of rotatable bonds is 4. The molecule has 1 unspecified atom stereocenters. The van der Waals surface area contributed by atoms with Crippen LogP contribution in [0.25, 0.3) is 0 Å². The quantitative estimate of drug-likeness (QED) is 0.741. The summed E-state index contributed by atoms with van der Waals surface area (Å²) in [6, 6.07) is 0.286. The van der Waals surface area contributed by atoms with Gasteiger partial charge in [0.1, 0.15) is 0 Å². The molecule has 0 aromatic heterocycles. The van der Waals surface area contributed by atoms with Crippen molar-refractivity contribution in [1.82, 2.24) is 4.90 Å². The van der Waals surface area contributed by atoms with Gasteiger partial charge in [-0.05, 0) is 25.7 Å². The Labute approximate surface area is 96.9 Å². The fourth-order valence-electron chi connectivity index (χ4n) is 2.40. The van der Waals surface area contributed by atoms with E-state index in [4.69, 9.17) is 0 Å². The molecule has 0 N–H and O–H groups in total. The van der Waals surface area contributed by atoms with E-state index in [1.165, 1.54) is 0 Å². The second-order valence-corrected chi connectivity index (χ2v) is 7.07. The third-order valence-corrected chi connectivity index (χ3v) is 5.04. The molecule has 4 nitrogen and oxygen atoms in total. The van der Waals surface area contributed by atoms with Crippen LogP contribution >= 0.6 is 0 Å². The van der Waals surface area contributed by atoms with E-state index in [0.717, 1.165) is 19.3 Å². The van der Waals surface area contributed by atoms with Crippen molar-refractivity contribution in [3.8, 4) is 0 Å². The van der Waals surface area contributed by atoms with Gasteiger partial charge in [0.15, 0.2) is 9.84 Å². The predicted molar refractivity (Wildman–Crippen MR) is 61.8 cm³/mol. The van der Waals surface area contributed by atoms with Crippen molar-refractivity contribution in [2.75, 3.05) is 11.5 Å². The third kappa shape index (κ3) is 2.56. The molecule has 1 heterocycles. The average molecular weight is 245 g/mol. The number of hydrogen-bond donors (Lipinski definition) is 0. The molecule has 0 spiro atoms. The first-order valence-electron chi connectivity index (χ1n) is 6.05. The summed E-state index contributed by atoms with van der Waals surface area (Å²) in [4.78, 5) is 13.8. The van der Waals surface area contributed by atoms with E-state index in [1.807, 2.05) is 11.8 Å². The Bertz CT molecular complexity index is 373.